The van der Waals surface area contributed by atoms with Gasteiger partial charge in [-0.25, -0.2) is 0 Å². The van der Waals surface area contributed by atoms with E-state index in [1.54, 1.807) is 6.92 Å². The summed E-state index contributed by atoms with van der Waals surface area (Å²) in [4.78, 5) is 0. The molecule has 0 saturated heterocycles. The number of aromatic hydroxyl groups is 2. The van der Waals surface area contributed by atoms with E-state index in [1.165, 1.54) is 12.1 Å². The lowest BCUT2D eigenvalue weighted by atomic mass is 10.1. The van der Waals surface area contributed by atoms with Gasteiger partial charge in [0.15, 0.2) is 0 Å². The van der Waals surface area contributed by atoms with Crippen LogP contribution in [0.1, 0.15) is 11.1 Å². The molecule has 3 nitrogen and oxygen atoms in total. The molecule has 0 radical (unpaired) electrons. The van der Waals surface area contributed by atoms with Gasteiger partial charge in [0.1, 0.15) is 11.5 Å². The van der Waals surface area contributed by atoms with Crippen LogP contribution in [0.25, 0.3) is 0 Å². The Morgan fingerprint density at radius 2 is 2.00 bits per heavy atom. The lowest BCUT2D eigenvalue weighted by molar-refractivity contribution is 0.449. The molecule has 0 aliphatic heterocycles. The van der Waals surface area contributed by atoms with Gasteiger partial charge in [-0.15, -0.1) is 0 Å². The number of phenols is 2. The number of hydrogen-bond acceptors (Lipinski definition) is 3. The van der Waals surface area contributed by atoms with E-state index in [2.05, 4.69) is 0 Å². The zero-order valence-corrected chi connectivity index (χ0v) is 6.13. The number of phenolic OH excluding ortho intramolecular Hbond substituents is 2. The molecule has 0 saturated carbocycles. The molecule has 0 aromatic heterocycles. The number of aryl methyl sites for hydroxylation is 1. The minimum absolute atomic E-state index is 0.0191. The van der Waals surface area contributed by atoms with E-state index in [0.717, 1.165) is 6.21 Å². The lowest BCUT2D eigenvalue weighted by Gasteiger charge is -2.02. The van der Waals surface area contributed by atoms with Crippen LogP contribution in [-0.4, -0.2) is 16.4 Å². The molecule has 1 rings (SSSR count). The fourth-order valence-electron chi connectivity index (χ4n) is 0.949. The quantitative estimate of drug-likeness (QED) is 0.531. The third-order valence-corrected chi connectivity index (χ3v) is 1.49. The van der Waals surface area contributed by atoms with Crippen LogP contribution in [0.2, 0.25) is 0 Å². The molecular formula is C8H9NO2. The predicted octanol–water partition coefficient (Wildman–Crippen LogP) is 1.40. The molecule has 0 bridgehead atoms. The molecule has 0 heterocycles. The van der Waals surface area contributed by atoms with Crippen molar-refractivity contribution >= 4 is 6.21 Å². The maximum atomic E-state index is 9.16. The molecule has 3 heteroatoms. The first-order valence-electron chi connectivity index (χ1n) is 3.18. The molecule has 1 aromatic carbocycles. The molecule has 11 heavy (non-hydrogen) atoms. The van der Waals surface area contributed by atoms with Crippen molar-refractivity contribution in [1.82, 2.24) is 0 Å². The van der Waals surface area contributed by atoms with Crippen molar-refractivity contribution in [1.29, 1.82) is 5.41 Å². The first kappa shape index (κ1) is 7.60. The van der Waals surface area contributed by atoms with E-state index in [0.29, 0.717) is 11.1 Å². The number of rotatable bonds is 1. The van der Waals surface area contributed by atoms with Crippen LogP contribution in [-0.2, 0) is 0 Å². The Morgan fingerprint density at radius 3 is 2.45 bits per heavy atom. The van der Waals surface area contributed by atoms with Crippen molar-refractivity contribution in [2.45, 2.75) is 6.92 Å². The minimum atomic E-state index is -0.0579. The molecule has 0 aliphatic rings. The third kappa shape index (κ3) is 1.32. The maximum absolute atomic E-state index is 9.16. The van der Waals surface area contributed by atoms with E-state index in [4.69, 9.17) is 15.6 Å². The van der Waals surface area contributed by atoms with Crippen molar-refractivity contribution < 1.29 is 10.2 Å². The van der Waals surface area contributed by atoms with Crippen LogP contribution in [0.3, 0.4) is 0 Å². The Kier molecular flexibility index (Phi) is 1.81. The lowest BCUT2D eigenvalue weighted by Crippen LogP contribution is -1.86. The second-order valence-corrected chi connectivity index (χ2v) is 2.34. The maximum Gasteiger partial charge on any atom is 0.128 e. The van der Waals surface area contributed by atoms with Crippen LogP contribution in [0.15, 0.2) is 12.1 Å². The molecule has 0 amide bonds. The number of hydrogen-bond donors (Lipinski definition) is 3. The van der Waals surface area contributed by atoms with Gasteiger partial charge in [0.05, 0.1) is 0 Å². The minimum Gasteiger partial charge on any atom is -0.508 e. The first-order chi connectivity index (χ1) is 5.15. The summed E-state index contributed by atoms with van der Waals surface area (Å²) in [6, 6.07) is 2.72. The average molecular weight is 151 g/mol. The Labute approximate surface area is 64.4 Å². The SMILES string of the molecule is Cc1cc(O)cc(O)c1C=N. The molecule has 1 aromatic rings. The second-order valence-electron chi connectivity index (χ2n) is 2.34. The third-order valence-electron chi connectivity index (χ3n) is 1.49. The van der Waals surface area contributed by atoms with Crippen molar-refractivity contribution in [2.24, 2.45) is 0 Å². The smallest absolute Gasteiger partial charge is 0.128 e. The standard InChI is InChI=1S/C8H9NO2/c1-5-2-6(10)3-8(11)7(5)4-9/h2-4,9-11H,1H3. The molecule has 0 unspecified atom stereocenters. The number of benzene rings is 1. The highest BCUT2D eigenvalue weighted by Gasteiger charge is 2.02. The second kappa shape index (κ2) is 2.62. The summed E-state index contributed by atoms with van der Waals surface area (Å²) in [5.41, 5.74) is 1.14. The van der Waals surface area contributed by atoms with Crippen LogP contribution >= 0.6 is 0 Å². The van der Waals surface area contributed by atoms with E-state index in [-0.39, 0.29) is 11.5 Å². The highest BCUT2D eigenvalue weighted by molar-refractivity contribution is 5.83. The summed E-state index contributed by atoms with van der Waals surface area (Å²) in [5.74, 6) is -0.0388. The Morgan fingerprint density at radius 1 is 1.36 bits per heavy atom. The molecule has 58 valence electrons. The monoisotopic (exact) mass is 151 g/mol. The van der Waals surface area contributed by atoms with Crippen LogP contribution < -0.4 is 0 Å². The summed E-state index contributed by atoms with van der Waals surface area (Å²) < 4.78 is 0. The van der Waals surface area contributed by atoms with E-state index < -0.39 is 0 Å². The van der Waals surface area contributed by atoms with Crippen LogP contribution in [0.4, 0.5) is 0 Å². The van der Waals surface area contributed by atoms with E-state index >= 15 is 0 Å². The molecule has 0 fully saturated rings. The summed E-state index contributed by atoms with van der Waals surface area (Å²) in [6.07, 6.45) is 1.06. The highest BCUT2D eigenvalue weighted by Crippen LogP contribution is 2.24. The topological polar surface area (TPSA) is 64.3 Å². The Bertz CT molecular complexity index is 271. The molecule has 0 aliphatic carbocycles. The van der Waals surface area contributed by atoms with Crippen LogP contribution in [0.5, 0.6) is 11.5 Å². The largest absolute Gasteiger partial charge is 0.508 e. The van der Waals surface area contributed by atoms with Gasteiger partial charge >= 0.3 is 0 Å². The van der Waals surface area contributed by atoms with Crippen LogP contribution in [0, 0.1) is 12.3 Å². The Balaban J connectivity index is 3.36. The zero-order chi connectivity index (χ0) is 8.43. The normalized spacial score (nSPS) is 9.55. The highest BCUT2D eigenvalue weighted by atomic mass is 16.3. The Hall–Kier alpha value is -1.51. The molecule has 0 spiro atoms. The van der Waals surface area contributed by atoms with E-state index in [9.17, 15) is 0 Å². The van der Waals surface area contributed by atoms with Gasteiger partial charge in [-0.2, -0.15) is 0 Å². The van der Waals surface area contributed by atoms with Crippen molar-refractivity contribution in [3.8, 4) is 11.5 Å². The van der Waals surface area contributed by atoms with Gasteiger partial charge in [-0.3, -0.25) is 0 Å². The van der Waals surface area contributed by atoms with Gasteiger partial charge in [-0.1, -0.05) is 0 Å². The van der Waals surface area contributed by atoms with Crippen molar-refractivity contribution in [2.75, 3.05) is 0 Å². The number of nitrogens with one attached hydrogen (secondary N) is 1. The fourth-order valence-corrected chi connectivity index (χ4v) is 0.949. The first-order valence-corrected chi connectivity index (χ1v) is 3.18. The van der Waals surface area contributed by atoms with Gasteiger partial charge in [0.2, 0.25) is 0 Å². The zero-order valence-electron chi connectivity index (χ0n) is 6.13. The predicted molar refractivity (Wildman–Crippen MR) is 42.4 cm³/mol. The summed E-state index contributed by atoms with van der Waals surface area (Å²) in [5, 5.41) is 25.1. The molecule has 0 atom stereocenters. The summed E-state index contributed by atoms with van der Waals surface area (Å²) in [6.45, 7) is 1.72. The average Bonchev–Trinajstić information content (AvgIpc) is 1.85. The van der Waals surface area contributed by atoms with Gasteiger partial charge in [0, 0.05) is 17.8 Å². The van der Waals surface area contributed by atoms with Gasteiger partial charge in [0.25, 0.3) is 0 Å². The fraction of sp³-hybridized carbons (Fsp3) is 0.125. The molecular weight excluding hydrogens is 142 g/mol. The molecule has 3 N–H and O–H groups in total. The van der Waals surface area contributed by atoms with Crippen molar-refractivity contribution in [3.63, 3.8) is 0 Å². The summed E-state index contributed by atoms with van der Waals surface area (Å²) in [7, 11) is 0. The van der Waals surface area contributed by atoms with E-state index in [1.807, 2.05) is 0 Å². The summed E-state index contributed by atoms with van der Waals surface area (Å²) >= 11 is 0. The van der Waals surface area contributed by atoms with Gasteiger partial charge in [-0.05, 0) is 18.6 Å². The van der Waals surface area contributed by atoms with Gasteiger partial charge < -0.3 is 15.6 Å². The van der Waals surface area contributed by atoms with Crippen molar-refractivity contribution in [3.05, 3.63) is 23.3 Å².